The Morgan fingerprint density at radius 1 is 1.17 bits per heavy atom. The van der Waals surface area contributed by atoms with E-state index in [0.29, 0.717) is 28.1 Å². The Kier molecular flexibility index (Phi) is 3.58. The average Bonchev–Trinajstić information content (AvgIpc) is 3.29. The van der Waals surface area contributed by atoms with Crippen LogP contribution in [0, 0.1) is 0 Å². The number of fused-ring (bicyclic) bond motifs is 1. The number of carbonyl (C=O) groups is 1. The van der Waals surface area contributed by atoms with Gasteiger partial charge in [-0.15, -0.1) is 10.2 Å². The molecule has 4 rings (SSSR count). The predicted octanol–water partition coefficient (Wildman–Crippen LogP) is 3.68. The lowest BCUT2D eigenvalue weighted by molar-refractivity contribution is 0.0636. The summed E-state index contributed by atoms with van der Waals surface area (Å²) >= 11 is 12.2. The van der Waals surface area contributed by atoms with Gasteiger partial charge in [0, 0.05) is 19.0 Å². The van der Waals surface area contributed by atoms with Crippen molar-refractivity contribution in [3.63, 3.8) is 0 Å². The van der Waals surface area contributed by atoms with Crippen LogP contribution in [0.2, 0.25) is 10.0 Å². The number of amides is 1. The Balaban J connectivity index is 1.65. The number of halogens is 2. The minimum atomic E-state index is -0.133. The highest BCUT2D eigenvalue weighted by atomic mass is 35.5. The Morgan fingerprint density at radius 2 is 1.91 bits per heavy atom. The molecule has 2 heterocycles. The number of carbonyl (C=O) groups excluding carboxylic acids is 1. The van der Waals surface area contributed by atoms with Crippen LogP contribution in [0.4, 0.5) is 0 Å². The van der Waals surface area contributed by atoms with Gasteiger partial charge in [0.25, 0.3) is 5.91 Å². The van der Waals surface area contributed by atoms with E-state index in [9.17, 15) is 4.79 Å². The molecule has 0 unspecified atom stereocenters. The summed E-state index contributed by atoms with van der Waals surface area (Å²) in [5.41, 5.74) is 0.432. The van der Waals surface area contributed by atoms with Crippen LogP contribution in [0.25, 0.3) is 0 Å². The lowest BCUT2D eigenvalue weighted by atomic mass is 10.1. The van der Waals surface area contributed by atoms with E-state index in [2.05, 4.69) is 14.8 Å². The van der Waals surface area contributed by atoms with Crippen molar-refractivity contribution in [3.05, 3.63) is 45.5 Å². The first-order valence-electron chi connectivity index (χ1n) is 7.76. The zero-order valence-corrected chi connectivity index (χ0v) is 14.2. The molecule has 1 saturated carbocycles. The second-order valence-electron chi connectivity index (χ2n) is 6.12. The number of aromatic nitrogens is 3. The number of hydrogen-bond acceptors (Lipinski definition) is 3. The van der Waals surface area contributed by atoms with Crippen molar-refractivity contribution in [2.45, 2.75) is 38.3 Å². The van der Waals surface area contributed by atoms with Crippen molar-refractivity contribution >= 4 is 29.1 Å². The number of benzene rings is 1. The van der Waals surface area contributed by atoms with E-state index in [4.69, 9.17) is 23.2 Å². The van der Waals surface area contributed by atoms with Crippen LogP contribution >= 0.6 is 23.2 Å². The molecule has 1 aliphatic carbocycles. The number of rotatable bonds is 2. The molecule has 23 heavy (non-hydrogen) atoms. The van der Waals surface area contributed by atoms with Crippen LogP contribution in [0.1, 0.15) is 53.7 Å². The summed E-state index contributed by atoms with van der Waals surface area (Å²) in [5, 5.41) is 9.35. The maximum absolute atomic E-state index is 12.9. The zero-order valence-electron chi connectivity index (χ0n) is 12.7. The standard InChI is InChI=1S/C16H16Cl2N4O/c1-9-14-19-20-15(10-5-6-10)22(14)8-7-21(9)16(23)11-3-2-4-12(17)13(11)18/h2-4,9-10H,5-8H2,1H3/t9-/m1/s1. The molecule has 1 amide bonds. The van der Waals surface area contributed by atoms with Gasteiger partial charge in [-0.1, -0.05) is 29.3 Å². The summed E-state index contributed by atoms with van der Waals surface area (Å²) in [6.45, 7) is 3.32. The monoisotopic (exact) mass is 350 g/mol. The SMILES string of the molecule is C[C@@H]1c2nnc(C3CC3)n2CCN1C(=O)c1cccc(Cl)c1Cl. The molecule has 0 spiro atoms. The lowest BCUT2D eigenvalue weighted by Gasteiger charge is -2.34. The van der Waals surface area contributed by atoms with E-state index in [1.165, 1.54) is 12.8 Å². The largest absolute Gasteiger partial charge is 0.327 e. The molecule has 1 aliphatic heterocycles. The summed E-state index contributed by atoms with van der Waals surface area (Å²) in [5.74, 6) is 2.35. The summed E-state index contributed by atoms with van der Waals surface area (Å²) in [7, 11) is 0. The first kappa shape index (κ1) is 15.0. The van der Waals surface area contributed by atoms with Crippen LogP contribution in [-0.4, -0.2) is 32.1 Å². The van der Waals surface area contributed by atoms with Gasteiger partial charge in [-0.25, -0.2) is 0 Å². The third-order valence-electron chi connectivity index (χ3n) is 4.60. The van der Waals surface area contributed by atoms with Crippen molar-refractivity contribution in [2.75, 3.05) is 6.54 Å². The van der Waals surface area contributed by atoms with Crippen molar-refractivity contribution in [3.8, 4) is 0 Å². The molecule has 0 bridgehead atoms. The van der Waals surface area contributed by atoms with Crippen molar-refractivity contribution in [2.24, 2.45) is 0 Å². The second kappa shape index (κ2) is 5.49. The van der Waals surface area contributed by atoms with Crippen molar-refractivity contribution in [1.82, 2.24) is 19.7 Å². The topological polar surface area (TPSA) is 51.0 Å². The molecule has 1 atom stereocenters. The fourth-order valence-electron chi connectivity index (χ4n) is 3.15. The molecule has 2 aromatic rings. The molecule has 1 aromatic heterocycles. The molecule has 120 valence electrons. The van der Waals surface area contributed by atoms with Crippen LogP contribution in [-0.2, 0) is 6.54 Å². The highest BCUT2D eigenvalue weighted by molar-refractivity contribution is 6.43. The van der Waals surface area contributed by atoms with Crippen LogP contribution < -0.4 is 0 Å². The highest BCUT2D eigenvalue weighted by Gasteiger charge is 2.36. The molecule has 1 fully saturated rings. The fourth-order valence-corrected chi connectivity index (χ4v) is 3.53. The van der Waals surface area contributed by atoms with Crippen LogP contribution in [0.5, 0.6) is 0 Å². The van der Waals surface area contributed by atoms with Gasteiger partial charge < -0.3 is 9.47 Å². The van der Waals surface area contributed by atoms with Gasteiger partial charge in [0.15, 0.2) is 5.82 Å². The normalized spacial score (nSPS) is 20.5. The Bertz CT molecular complexity index is 784. The maximum atomic E-state index is 12.9. The molecule has 0 N–H and O–H groups in total. The van der Waals surface area contributed by atoms with E-state index >= 15 is 0 Å². The van der Waals surface area contributed by atoms with Crippen molar-refractivity contribution < 1.29 is 4.79 Å². The van der Waals surface area contributed by atoms with Gasteiger partial charge in [-0.3, -0.25) is 4.79 Å². The smallest absolute Gasteiger partial charge is 0.256 e. The maximum Gasteiger partial charge on any atom is 0.256 e. The van der Waals surface area contributed by atoms with E-state index in [0.717, 1.165) is 18.2 Å². The molecule has 1 aromatic carbocycles. The molecule has 0 radical (unpaired) electrons. The van der Waals surface area contributed by atoms with Gasteiger partial charge in [-0.2, -0.15) is 0 Å². The van der Waals surface area contributed by atoms with Gasteiger partial charge in [0.2, 0.25) is 0 Å². The van der Waals surface area contributed by atoms with Gasteiger partial charge >= 0.3 is 0 Å². The zero-order chi connectivity index (χ0) is 16.1. The Hall–Kier alpha value is -1.59. The minimum absolute atomic E-state index is 0.118. The number of nitrogens with zero attached hydrogens (tertiary/aromatic N) is 4. The van der Waals surface area contributed by atoms with Gasteiger partial charge in [-0.05, 0) is 31.9 Å². The van der Waals surface area contributed by atoms with E-state index in [1.54, 1.807) is 23.1 Å². The Morgan fingerprint density at radius 3 is 2.65 bits per heavy atom. The molecule has 0 saturated heterocycles. The van der Waals surface area contributed by atoms with E-state index < -0.39 is 0 Å². The molecular weight excluding hydrogens is 335 g/mol. The highest BCUT2D eigenvalue weighted by Crippen LogP contribution is 2.41. The third kappa shape index (κ3) is 2.42. The van der Waals surface area contributed by atoms with Crippen molar-refractivity contribution in [1.29, 1.82) is 0 Å². The second-order valence-corrected chi connectivity index (χ2v) is 6.90. The summed E-state index contributed by atoms with van der Waals surface area (Å²) in [6, 6.07) is 4.99. The lowest BCUT2D eigenvalue weighted by Crippen LogP contribution is -2.41. The first-order chi connectivity index (χ1) is 11.1. The van der Waals surface area contributed by atoms with Gasteiger partial charge in [0.05, 0.1) is 21.7 Å². The molecule has 2 aliphatic rings. The Labute approximate surface area is 144 Å². The predicted molar refractivity (Wildman–Crippen MR) is 87.9 cm³/mol. The molecular formula is C16H16Cl2N4O. The van der Waals surface area contributed by atoms with E-state index in [-0.39, 0.29) is 11.9 Å². The summed E-state index contributed by atoms with van der Waals surface area (Å²) < 4.78 is 2.17. The quantitative estimate of drug-likeness (QED) is 0.829. The van der Waals surface area contributed by atoms with Crippen LogP contribution in [0.15, 0.2) is 18.2 Å². The van der Waals surface area contributed by atoms with Gasteiger partial charge in [0.1, 0.15) is 5.82 Å². The summed E-state index contributed by atoms with van der Waals surface area (Å²) in [6.07, 6.45) is 2.38. The summed E-state index contributed by atoms with van der Waals surface area (Å²) in [4.78, 5) is 14.7. The van der Waals surface area contributed by atoms with E-state index in [1.807, 2.05) is 6.92 Å². The first-order valence-corrected chi connectivity index (χ1v) is 8.51. The van der Waals surface area contributed by atoms with Crippen LogP contribution in [0.3, 0.4) is 0 Å². The minimum Gasteiger partial charge on any atom is -0.327 e. The molecule has 5 nitrogen and oxygen atoms in total. The molecule has 7 heteroatoms. The average molecular weight is 351 g/mol. The fraction of sp³-hybridized carbons (Fsp3) is 0.438. The third-order valence-corrected chi connectivity index (χ3v) is 5.42. The number of hydrogen-bond donors (Lipinski definition) is 0.